The Morgan fingerprint density at radius 1 is 0.974 bits per heavy atom. The van der Waals surface area contributed by atoms with Gasteiger partial charge < -0.3 is 9.64 Å². The summed E-state index contributed by atoms with van der Waals surface area (Å²) in [5.74, 6) is 0.753. The van der Waals surface area contributed by atoms with Crippen LogP contribution in [0.25, 0.3) is 5.57 Å². The molecule has 1 aromatic heterocycles. The van der Waals surface area contributed by atoms with Gasteiger partial charge >= 0.3 is 0 Å². The first-order chi connectivity index (χ1) is 18.9. The Labute approximate surface area is 233 Å². The summed E-state index contributed by atoms with van der Waals surface area (Å²) >= 11 is 0. The number of hydrogen-bond donors (Lipinski definition) is 0. The molecule has 39 heavy (non-hydrogen) atoms. The Hall–Kier alpha value is -3.08. The van der Waals surface area contributed by atoms with Crippen LogP contribution >= 0.6 is 0 Å². The smallest absolute Gasteiger partial charge is 0.165 e. The lowest BCUT2D eigenvalue weighted by Gasteiger charge is -2.56. The third-order valence-electron chi connectivity index (χ3n) is 9.12. The highest BCUT2D eigenvalue weighted by Crippen LogP contribution is 2.54. The van der Waals surface area contributed by atoms with Gasteiger partial charge in [0.1, 0.15) is 0 Å². The van der Waals surface area contributed by atoms with Gasteiger partial charge in [-0.1, -0.05) is 66.6 Å². The molecule has 4 heteroatoms. The second kappa shape index (κ2) is 10.8. The molecule has 0 N–H and O–H groups in total. The zero-order valence-electron chi connectivity index (χ0n) is 23.6. The predicted octanol–water partition coefficient (Wildman–Crippen LogP) is 7.19. The number of ether oxygens (including phenoxy) is 1. The van der Waals surface area contributed by atoms with Crippen LogP contribution < -0.4 is 0 Å². The summed E-state index contributed by atoms with van der Waals surface area (Å²) in [6.07, 6.45) is 8.54. The molecule has 0 radical (unpaired) electrons. The molecule has 3 aromatic rings. The Balaban J connectivity index is 1.18. The van der Waals surface area contributed by atoms with Crippen molar-refractivity contribution in [3.05, 3.63) is 106 Å². The molecule has 1 unspecified atom stereocenters. The number of likely N-dealkylation sites (tertiary alicyclic amines) is 1. The molecule has 0 amide bonds. The Morgan fingerprint density at radius 3 is 2.26 bits per heavy atom. The van der Waals surface area contributed by atoms with Crippen LogP contribution in [0.4, 0.5) is 0 Å². The highest BCUT2D eigenvalue weighted by molar-refractivity contribution is 5.96. The molecule has 2 aromatic carbocycles. The lowest BCUT2D eigenvalue weighted by atomic mass is 9.59. The third-order valence-corrected chi connectivity index (χ3v) is 9.12. The van der Waals surface area contributed by atoms with Crippen molar-refractivity contribution >= 4 is 11.4 Å². The number of hydrogen-bond acceptors (Lipinski definition) is 4. The van der Waals surface area contributed by atoms with E-state index in [1.165, 1.54) is 59.3 Å². The summed E-state index contributed by atoms with van der Waals surface area (Å²) in [4.78, 5) is 20.1. The van der Waals surface area contributed by atoms with Gasteiger partial charge in [0, 0.05) is 56.1 Å². The molecule has 0 bridgehead atoms. The standard InChI is InChI=1S/C35H40N2O2/c1-24-4-6-28(7-5-24)34(32-18-35(19-32)22-37(3)23-35)29-10-8-26(9-11-29)25(2)16-33(38)31-17-30(20-36-21-31)27-12-14-39-15-13-27/h4-11,17,20-21,25,27H,12-16,18-19,22-23H2,1-3H3. The van der Waals surface area contributed by atoms with Gasteiger partial charge in [-0.05, 0) is 85.4 Å². The van der Waals surface area contributed by atoms with Gasteiger partial charge in [-0.2, -0.15) is 0 Å². The van der Waals surface area contributed by atoms with Crippen LogP contribution in [0.5, 0.6) is 0 Å². The van der Waals surface area contributed by atoms with E-state index in [-0.39, 0.29) is 11.7 Å². The summed E-state index contributed by atoms with van der Waals surface area (Å²) in [7, 11) is 2.22. The normalized spacial score (nSPS) is 19.8. The molecule has 2 aliphatic heterocycles. The van der Waals surface area contributed by atoms with E-state index in [0.29, 0.717) is 17.8 Å². The number of allylic oxidation sites excluding steroid dienone is 1. The Bertz CT molecular complexity index is 1350. The monoisotopic (exact) mass is 520 g/mol. The molecular weight excluding hydrogens is 480 g/mol. The minimum absolute atomic E-state index is 0.145. The molecule has 202 valence electrons. The summed E-state index contributed by atoms with van der Waals surface area (Å²) in [6, 6.07) is 20.0. The predicted molar refractivity (Wildman–Crippen MR) is 157 cm³/mol. The van der Waals surface area contributed by atoms with Gasteiger partial charge in [0.15, 0.2) is 5.78 Å². The first-order valence-electron chi connectivity index (χ1n) is 14.5. The lowest BCUT2D eigenvalue weighted by molar-refractivity contribution is -0.0106. The maximum absolute atomic E-state index is 13.2. The molecule has 2 saturated heterocycles. The zero-order valence-corrected chi connectivity index (χ0v) is 23.6. The second-order valence-electron chi connectivity index (χ2n) is 12.4. The average Bonchev–Trinajstić information content (AvgIpc) is 2.93. The molecule has 1 aliphatic carbocycles. The van der Waals surface area contributed by atoms with Crippen LogP contribution in [0.15, 0.2) is 72.6 Å². The summed E-state index contributed by atoms with van der Waals surface area (Å²) in [5, 5.41) is 0. The number of rotatable bonds is 7. The molecule has 3 aliphatic rings. The number of Topliss-reactive ketones (excluding diaryl/α,β-unsaturated/α-hetero) is 1. The van der Waals surface area contributed by atoms with E-state index >= 15 is 0 Å². The molecular formula is C35H40N2O2. The number of aryl methyl sites for hydroxylation is 1. The molecule has 3 fully saturated rings. The van der Waals surface area contributed by atoms with Crippen molar-refractivity contribution in [1.82, 2.24) is 9.88 Å². The van der Waals surface area contributed by atoms with E-state index in [4.69, 9.17) is 4.74 Å². The molecule has 1 atom stereocenters. The van der Waals surface area contributed by atoms with Gasteiger partial charge in [-0.15, -0.1) is 0 Å². The minimum atomic E-state index is 0.145. The van der Waals surface area contributed by atoms with E-state index in [9.17, 15) is 4.79 Å². The van der Waals surface area contributed by atoms with Crippen LogP contribution in [-0.2, 0) is 4.74 Å². The van der Waals surface area contributed by atoms with Crippen molar-refractivity contribution < 1.29 is 9.53 Å². The van der Waals surface area contributed by atoms with Crippen molar-refractivity contribution in [3.8, 4) is 0 Å². The van der Waals surface area contributed by atoms with Crippen molar-refractivity contribution in [1.29, 1.82) is 0 Å². The number of benzene rings is 2. The molecule has 3 heterocycles. The number of carbonyl (C=O) groups excluding carboxylic acids is 1. The van der Waals surface area contributed by atoms with E-state index in [0.717, 1.165) is 31.6 Å². The van der Waals surface area contributed by atoms with Crippen LogP contribution in [0.3, 0.4) is 0 Å². The molecule has 1 spiro atoms. The van der Waals surface area contributed by atoms with E-state index in [2.05, 4.69) is 85.4 Å². The van der Waals surface area contributed by atoms with Gasteiger partial charge in [-0.25, -0.2) is 0 Å². The number of nitrogens with zero attached hydrogens (tertiary/aromatic N) is 2. The van der Waals surface area contributed by atoms with Crippen LogP contribution in [0, 0.1) is 12.3 Å². The fourth-order valence-electron chi connectivity index (χ4n) is 7.00. The van der Waals surface area contributed by atoms with Gasteiger partial charge in [0.2, 0.25) is 0 Å². The summed E-state index contributed by atoms with van der Waals surface area (Å²) in [5.41, 5.74) is 10.5. The molecule has 4 nitrogen and oxygen atoms in total. The van der Waals surface area contributed by atoms with Crippen molar-refractivity contribution in [2.75, 3.05) is 33.4 Å². The quantitative estimate of drug-likeness (QED) is 0.309. The number of ketones is 1. The Morgan fingerprint density at radius 2 is 1.62 bits per heavy atom. The highest BCUT2D eigenvalue weighted by atomic mass is 16.5. The Kier molecular flexibility index (Phi) is 7.26. The van der Waals surface area contributed by atoms with Crippen molar-refractivity contribution in [2.45, 2.75) is 57.8 Å². The topological polar surface area (TPSA) is 42.4 Å². The lowest BCUT2D eigenvalue weighted by Crippen LogP contribution is -2.58. The van der Waals surface area contributed by atoms with Crippen LogP contribution in [0.2, 0.25) is 0 Å². The summed E-state index contributed by atoms with van der Waals surface area (Å²) in [6.45, 7) is 8.32. The fourth-order valence-corrected chi connectivity index (χ4v) is 7.00. The molecule has 6 rings (SSSR count). The first-order valence-corrected chi connectivity index (χ1v) is 14.5. The second-order valence-corrected chi connectivity index (χ2v) is 12.4. The van der Waals surface area contributed by atoms with Crippen LogP contribution in [-0.4, -0.2) is 49.0 Å². The van der Waals surface area contributed by atoms with Crippen molar-refractivity contribution in [2.24, 2.45) is 5.41 Å². The maximum Gasteiger partial charge on any atom is 0.165 e. The molecule has 1 saturated carbocycles. The number of carbonyl (C=O) groups is 1. The highest BCUT2D eigenvalue weighted by Gasteiger charge is 2.49. The third kappa shape index (κ3) is 5.50. The SMILES string of the molecule is Cc1ccc(C(=C2CC3(C2)CN(C)C3)c2ccc(C(C)CC(=O)c3cncc(C4CCOCC4)c3)cc2)cc1. The summed E-state index contributed by atoms with van der Waals surface area (Å²) < 4.78 is 5.50. The number of pyridine rings is 1. The fraction of sp³-hybridized carbons (Fsp3) is 0.429. The van der Waals surface area contributed by atoms with Gasteiger partial charge in [-0.3, -0.25) is 9.78 Å². The van der Waals surface area contributed by atoms with Gasteiger partial charge in [0.25, 0.3) is 0 Å². The number of aromatic nitrogens is 1. The minimum Gasteiger partial charge on any atom is -0.381 e. The van der Waals surface area contributed by atoms with E-state index in [1.54, 1.807) is 11.8 Å². The van der Waals surface area contributed by atoms with E-state index in [1.807, 2.05) is 6.20 Å². The van der Waals surface area contributed by atoms with Crippen molar-refractivity contribution in [3.63, 3.8) is 0 Å². The average molecular weight is 521 g/mol. The van der Waals surface area contributed by atoms with Gasteiger partial charge in [0.05, 0.1) is 0 Å². The zero-order chi connectivity index (χ0) is 27.0. The largest absolute Gasteiger partial charge is 0.381 e. The maximum atomic E-state index is 13.2. The van der Waals surface area contributed by atoms with E-state index < -0.39 is 0 Å². The van der Waals surface area contributed by atoms with Crippen LogP contribution in [0.1, 0.15) is 89.0 Å². The first kappa shape index (κ1) is 26.2.